The standard InChI is InChI=1S/C16H24N2O2.ClH/c1-20-15-8-3-2-6-13(15)10-16(19)18-11-12-5-4-7-14(17)9-12;/h2-3,6,8,12,14H,4-5,7,9-11,17H2,1H3,(H,18,19);1H. The zero-order chi connectivity index (χ0) is 14.4. The van der Waals surface area contributed by atoms with Crippen molar-refractivity contribution in [3.63, 3.8) is 0 Å². The summed E-state index contributed by atoms with van der Waals surface area (Å²) in [6.07, 6.45) is 4.85. The molecule has 118 valence electrons. The number of carbonyl (C=O) groups is 1. The zero-order valence-corrected chi connectivity index (χ0v) is 13.3. The Morgan fingerprint density at radius 1 is 1.38 bits per heavy atom. The Kier molecular flexibility index (Phi) is 7.54. The van der Waals surface area contributed by atoms with E-state index in [1.54, 1.807) is 7.11 Å². The quantitative estimate of drug-likeness (QED) is 0.877. The Morgan fingerprint density at radius 2 is 2.14 bits per heavy atom. The summed E-state index contributed by atoms with van der Waals surface area (Å²) in [5.41, 5.74) is 6.89. The number of para-hydroxylation sites is 1. The maximum absolute atomic E-state index is 12.0. The molecule has 0 saturated heterocycles. The molecule has 1 fully saturated rings. The van der Waals surface area contributed by atoms with Crippen molar-refractivity contribution < 1.29 is 9.53 Å². The normalized spacial score (nSPS) is 21.2. The Morgan fingerprint density at radius 3 is 2.86 bits per heavy atom. The summed E-state index contributed by atoms with van der Waals surface area (Å²) in [4.78, 5) is 12.0. The van der Waals surface area contributed by atoms with Gasteiger partial charge >= 0.3 is 0 Å². The molecule has 0 spiro atoms. The van der Waals surface area contributed by atoms with Gasteiger partial charge in [0.1, 0.15) is 5.75 Å². The lowest BCUT2D eigenvalue weighted by molar-refractivity contribution is -0.120. The third-order valence-corrected chi connectivity index (χ3v) is 3.95. The second kappa shape index (κ2) is 8.90. The lowest BCUT2D eigenvalue weighted by atomic mass is 9.86. The molecule has 1 aliphatic carbocycles. The minimum atomic E-state index is 0. The van der Waals surface area contributed by atoms with Crippen LogP contribution in [0.25, 0.3) is 0 Å². The first-order valence-corrected chi connectivity index (χ1v) is 7.33. The largest absolute Gasteiger partial charge is 0.496 e. The van der Waals surface area contributed by atoms with Gasteiger partial charge in [0.2, 0.25) is 5.91 Å². The van der Waals surface area contributed by atoms with Crippen LogP contribution in [-0.2, 0) is 11.2 Å². The second-order valence-corrected chi connectivity index (χ2v) is 5.59. The summed E-state index contributed by atoms with van der Waals surface area (Å²) in [7, 11) is 1.63. The van der Waals surface area contributed by atoms with Crippen LogP contribution in [-0.4, -0.2) is 25.6 Å². The first kappa shape index (κ1) is 17.8. The number of amides is 1. The SMILES string of the molecule is COc1ccccc1CC(=O)NCC1CCCC(N)C1.Cl. The number of nitrogens with one attached hydrogen (secondary N) is 1. The Balaban J connectivity index is 0.00000220. The van der Waals surface area contributed by atoms with Crippen molar-refractivity contribution in [2.45, 2.75) is 38.1 Å². The fourth-order valence-corrected chi connectivity index (χ4v) is 2.86. The number of carbonyl (C=O) groups excluding carboxylic acids is 1. The van der Waals surface area contributed by atoms with Crippen LogP contribution in [0, 0.1) is 5.92 Å². The van der Waals surface area contributed by atoms with E-state index in [4.69, 9.17) is 10.5 Å². The van der Waals surface area contributed by atoms with Crippen LogP contribution in [0.5, 0.6) is 5.75 Å². The molecule has 2 rings (SSSR count). The van der Waals surface area contributed by atoms with Gasteiger partial charge in [-0.2, -0.15) is 0 Å². The summed E-state index contributed by atoms with van der Waals surface area (Å²) < 4.78 is 5.26. The fourth-order valence-electron chi connectivity index (χ4n) is 2.86. The van der Waals surface area contributed by atoms with Crippen molar-refractivity contribution in [2.24, 2.45) is 11.7 Å². The van der Waals surface area contributed by atoms with E-state index in [0.29, 0.717) is 18.4 Å². The molecule has 1 amide bonds. The smallest absolute Gasteiger partial charge is 0.224 e. The van der Waals surface area contributed by atoms with Gasteiger partial charge in [0, 0.05) is 18.2 Å². The Hall–Kier alpha value is -1.26. The van der Waals surface area contributed by atoms with Crippen LogP contribution in [0.4, 0.5) is 0 Å². The molecule has 0 heterocycles. The van der Waals surface area contributed by atoms with Gasteiger partial charge in [-0.15, -0.1) is 12.4 Å². The summed E-state index contributed by atoms with van der Waals surface area (Å²) >= 11 is 0. The maximum atomic E-state index is 12.0. The molecule has 0 aliphatic heterocycles. The minimum Gasteiger partial charge on any atom is -0.496 e. The highest BCUT2D eigenvalue weighted by atomic mass is 35.5. The zero-order valence-electron chi connectivity index (χ0n) is 12.5. The predicted molar refractivity (Wildman–Crippen MR) is 86.9 cm³/mol. The number of halogens is 1. The third kappa shape index (κ3) is 5.56. The summed E-state index contributed by atoms with van der Waals surface area (Å²) in [6, 6.07) is 7.94. The molecule has 21 heavy (non-hydrogen) atoms. The van der Waals surface area contributed by atoms with Crippen LogP contribution in [0.2, 0.25) is 0 Å². The molecule has 1 saturated carbocycles. The van der Waals surface area contributed by atoms with Crippen molar-refractivity contribution in [1.82, 2.24) is 5.32 Å². The summed E-state index contributed by atoms with van der Waals surface area (Å²) in [6.45, 7) is 0.738. The van der Waals surface area contributed by atoms with Crippen molar-refractivity contribution in [2.75, 3.05) is 13.7 Å². The van der Waals surface area contributed by atoms with E-state index in [2.05, 4.69) is 5.32 Å². The second-order valence-electron chi connectivity index (χ2n) is 5.59. The first-order valence-electron chi connectivity index (χ1n) is 7.33. The van der Waals surface area contributed by atoms with E-state index in [1.165, 1.54) is 12.8 Å². The van der Waals surface area contributed by atoms with Gasteiger partial charge in [-0.05, 0) is 31.2 Å². The molecule has 2 unspecified atom stereocenters. The number of hydrogen-bond acceptors (Lipinski definition) is 3. The van der Waals surface area contributed by atoms with Crippen LogP contribution < -0.4 is 15.8 Å². The highest BCUT2D eigenvalue weighted by Gasteiger charge is 2.19. The molecule has 1 aromatic rings. The van der Waals surface area contributed by atoms with Crippen LogP contribution in [0.3, 0.4) is 0 Å². The molecule has 1 aromatic carbocycles. The molecule has 5 heteroatoms. The summed E-state index contributed by atoms with van der Waals surface area (Å²) in [5, 5.41) is 3.02. The number of nitrogens with two attached hydrogens (primary N) is 1. The molecule has 0 bridgehead atoms. The van der Waals surface area contributed by atoms with E-state index < -0.39 is 0 Å². The molecule has 2 atom stereocenters. The number of rotatable bonds is 5. The topological polar surface area (TPSA) is 64.3 Å². The molecular formula is C16H25ClN2O2. The lowest BCUT2D eigenvalue weighted by Crippen LogP contribution is -2.36. The van der Waals surface area contributed by atoms with Gasteiger partial charge in [-0.25, -0.2) is 0 Å². The van der Waals surface area contributed by atoms with E-state index in [0.717, 1.165) is 30.7 Å². The maximum Gasteiger partial charge on any atom is 0.224 e. The van der Waals surface area contributed by atoms with Crippen molar-refractivity contribution in [3.05, 3.63) is 29.8 Å². The number of ether oxygens (including phenoxy) is 1. The van der Waals surface area contributed by atoms with Gasteiger partial charge in [-0.1, -0.05) is 24.6 Å². The fraction of sp³-hybridized carbons (Fsp3) is 0.562. The van der Waals surface area contributed by atoms with Gasteiger partial charge in [0.25, 0.3) is 0 Å². The van der Waals surface area contributed by atoms with Crippen LogP contribution >= 0.6 is 12.4 Å². The molecule has 0 radical (unpaired) electrons. The summed E-state index contributed by atoms with van der Waals surface area (Å²) in [5.74, 6) is 1.34. The van der Waals surface area contributed by atoms with Gasteiger partial charge in [0.05, 0.1) is 13.5 Å². The number of benzene rings is 1. The van der Waals surface area contributed by atoms with Crippen LogP contribution in [0.15, 0.2) is 24.3 Å². The first-order chi connectivity index (χ1) is 9.69. The van der Waals surface area contributed by atoms with E-state index in [-0.39, 0.29) is 18.3 Å². The van der Waals surface area contributed by atoms with Crippen molar-refractivity contribution >= 4 is 18.3 Å². The Bertz CT molecular complexity index is 454. The van der Waals surface area contributed by atoms with Crippen LogP contribution in [0.1, 0.15) is 31.2 Å². The molecule has 3 N–H and O–H groups in total. The average Bonchev–Trinajstić information content (AvgIpc) is 2.46. The van der Waals surface area contributed by atoms with Crippen molar-refractivity contribution in [3.8, 4) is 5.75 Å². The van der Waals surface area contributed by atoms with E-state index in [9.17, 15) is 4.79 Å². The number of methoxy groups -OCH3 is 1. The predicted octanol–water partition coefficient (Wildman–Crippen LogP) is 2.29. The van der Waals surface area contributed by atoms with Gasteiger partial charge in [0.15, 0.2) is 0 Å². The van der Waals surface area contributed by atoms with Gasteiger partial charge in [-0.3, -0.25) is 4.79 Å². The van der Waals surface area contributed by atoms with Crippen molar-refractivity contribution in [1.29, 1.82) is 0 Å². The highest BCUT2D eigenvalue weighted by Crippen LogP contribution is 2.22. The minimum absolute atomic E-state index is 0. The number of hydrogen-bond donors (Lipinski definition) is 2. The molecule has 0 aromatic heterocycles. The molecule has 1 aliphatic rings. The third-order valence-electron chi connectivity index (χ3n) is 3.95. The molecule has 4 nitrogen and oxygen atoms in total. The van der Waals surface area contributed by atoms with E-state index >= 15 is 0 Å². The highest BCUT2D eigenvalue weighted by molar-refractivity contribution is 5.85. The van der Waals surface area contributed by atoms with Gasteiger partial charge < -0.3 is 15.8 Å². The lowest BCUT2D eigenvalue weighted by Gasteiger charge is -2.26. The van der Waals surface area contributed by atoms with E-state index in [1.807, 2.05) is 24.3 Å². The monoisotopic (exact) mass is 312 g/mol. The Labute approximate surface area is 132 Å². The average molecular weight is 313 g/mol. The molecular weight excluding hydrogens is 288 g/mol.